The summed E-state index contributed by atoms with van der Waals surface area (Å²) in [6.45, 7) is 1.75. The largest absolute Gasteiger partial charge is 0.495 e. The van der Waals surface area contributed by atoms with Crippen molar-refractivity contribution < 1.29 is 28.6 Å². The molecular formula is C16H16BrNO6. The van der Waals surface area contributed by atoms with Crippen LogP contribution in [-0.4, -0.2) is 31.2 Å². The lowest BCUT2D eigenvalue weighted by Crippen LogP contribution is -2.12. The molecule has 0 spiro atoms. The number of nitrogens with one attached hydrogen (secondary N) is 1. The third-order valence-corrected chi connectivity index (χ3v) is 3.93. The average Bonchev–Trinajstić information content (AvgIpc) is 3.00. The number of anilines is 1. The quantitative estimate of drug-likeness (QED) is 0.772. The van der Waals surface area contributed by atoms with E-state index in [2.05, 4.69) is 21.2 Å². The van der Waals surface area contributed by atoms with Gasteiger partial charge in [0.15, 0.2) is 5.76 Å². The van der Waals surface area contributed by atoms with Gasteiger partial charge in [-0.25, -0.2) is 4.79 Å². The van der Waals surface area contributed by atoms with Gasteiger partial charge < -0.3 is 24.3 Å². The molecular weight excluding hydrogens is 382 g/mol. The van der Waals surface area contributed by atoms with E-state index in [0.717, 1.165) is 0 Å². The predicted molar refractivity (Wildman–Crippen MR) is 90.2 cm³/mol. The second-order valence-electron chi connectivity index (χ2n) is 4.75. The van der Waals surface area contributed by atoms with Crippen LogP contribution in [0.2, 0.25) is 0 Å². The number of aryl methyl sites for hydroxylation is 1. The van der Waals surface area contributed by atoms with Gasteiger partial charge in [-0.2, -0.15) is 0 Å². The van der Waals surface area contributed by atoms with Crippen LogP contribution in [0.25, 0.3) is 0 Å². The zero-order chi connectivity index (χ0) is 17.9. The molecule has 0 unspecified atom stereocenters. The third-order valence-electron chi connectivity index (χ3n) is 3.31. The molecule has 0 atom stereocenters. The number of amides is 1. The molecule has 0 fully saturated rings. The van der Waals surface area contributed by atoms with Crippen LogP contribution in [0, 0.1) is 0 Å². The smallest absolute Gasteiger partial charge is 0.339 e. The Labute approximate surface area is 146 Å². The highest BCUT2D eigenvalue weighted by Crippen LogP contribution is 2.36. The number of rotatable bonds is 6. The van der Waals surface area contributed by atoms with Gasteiger partial charge in [0.2, 0.25) is 0 Å². The molecule has 2 rings (SSSR count). The first-order chi connectivity index (χ1) is 11.4. The summed E-state index contributed by atoms with van der Waals surface area (Å²) in [6.07, 6.45) is 0.367. The fourth-order valence-electron chi connectivity index (χ4n) is 2.13. The number of carbonyl (C=O) groups excluding carboxylic acids is 1. The molecule has 0 aliphatic carbocycles. The molecule has 0 aliphatic rings. The normalized spacial score (nSPS) is 10.3. The Balaban J connectivity index is 2.33. The highest BCUT2D eigenvalue weighted by atomic mass is 79.9. The summed E-state index contributed by atoms with van der Waals surface area (Å²) in [5.41, 5.74) is 0.368. The van der Waals surface area contributed by atoms with Crippen LogP contribution in [0.15, 0.2) is 27.1 Å². The van der Waals surface area contributed by atoms with Crippen molar-refractivity contribution in [3.8, 4) is 11.5 Å². The summed E-state index contributed by atoms with van der Waals surface area (Å²) < 4.78 is 16.4. The number of aromatic carboxylic acids is 1. The Morgan fingerprint density at radius 2 is 1.88 bits per heavy atom. The number of benzene rings is 1. The molecule has 1 aromatic heterocycles. The van der Waals surface area contributed by atoms with Gasteiger partial charge in [-0.1, -0.05) is 6.92 Å². The van der Waals surface area contributed by atoms with Crippen molar-refractivity contribution in [3.63, 3.8) is 0 Å². The number of carboxylic acid groups (broad SMARTS) is 1. The van der Waals surface area contributed by atoms with Crippen LogP contribution in [0.5, 0.6) is 11.5 Å². The van der Waals surface area contributed by atoms with Crippen molar-refractivity contribution in [2.24, 2.45) is 0 Å². The first kappa shape index (κ1) is 17.9. The molecule has 0 bridgehead atoms. The van der Waals surface area contributed by atoms with Gasteiger partial charge in [0, 0.05) is 18.6 Å². The van der Waals surface area contributed by atoms with Gasteiger partial charge in [-0.15, -0.1) is 0 Å². The van der Waals surface area contributed by atoms with E-state index >= 15 is 0 Å². The van der Waals surface area contributed by atoms with Crippen molar-refractivity contribution in [1.29, 1.82) is 0 Å². The number of hydrogen-bond acceptors (Lipinski definition) is 5. The van der Waals surface area contributed by atoms with Crippen LogP contribution < -0.4 is 14.8 Å². The number of carbonyl (C=O) groups is 2. The summed E-state index contributed by atoms with van der Waals surface area (Å²) >= 11 is 3.33. The van der Waals surface area contributed by atoms with Crippen molar-refractivity contribution in [2.45, 2.75) is 13.3 Å². The molecule has 24 heavy (non-hydrogen) atoms. The molecule has 0 aliphatic heterocycles. The number of hydrogen-bond donors (Lipinski definition) is 2. The average molecular weight is 398 g/mol. The van der Waals surface area contributed by atoms with Gasteiger partial charge in [-0.3, -0.25) is 4.79 Å². The van der Waals surface area contributed by atoms with E-state index in [4.69, 9.17) is 19.0 Å². The summed E-state index contributed by atoms with van der Waals surface area (Å²) in [5, 5.41) is 11.8. The van der Waals surface area contributed by atoms with Gasteiger partial charge in [0.25, 0.3) is 5.91 Å². The molecule has 0 radical (unpaired) electrons. The number of methoxy groups -OCH3 is 2. The molecule has 1 heterocycles. The second-order valence-corrected chi connectivity index (χ2v) is 5.60. The Hall–Kier alpha value is -2.48. The zero-order valence-corrected chi connectivity index (χ0v) is 14.9. The van der Waals surface area contributed by atoms with Crippen molar-refractivity contribution in [3.05, 3.63) is 39.8 Å². The first-order valence-electron chi connectivity index (χ1n) is 7.00. The maximum atomic E-state index is 12.4. The fourth-order valence-corrected chi connectivity index (χ4v) is 2.63. The lowest BCUT2D eigenvalue weighted by molar-refractivity contribution is 0.0694. The monoisotopic (exact) mass is 397 g/mol. The highest BCUT2D eigenvalue weighted by Gasteiger charge is 2.21. The van der Waals surface area contributed by atoms with Crippen LogP contribution in [0.1, 0.15) is 33.6 Å². The van der Waals surface area contributed by atoms with Gasteiger partial charge >= 0.3 is 5.97 Å². The number of halogens is 1. The van der Waals surface area contributed by atoms with E-state index in [-0.39, 0.29) is 17.1 Å². The molecule has 128 valence electrons. The van der Waals surface area contributed by atoms with E-state index in [9.17, 15) is 9.59 Å². The van der Waals surface area contributed by atoms with E-state index in [1.165, 1.54) is 20.3 Å². The van der Waals surface area contributed by atoms with Crippen LogP contribution in [-0.2, 0) is 6.42 Å². The van der Waals surface area contributed by atoms with Crippen molar-refractivity contribution in [1.82, 2.24) is 0 Å². The van der Waals surface area contributed by atoms with E-state index < -0.39 is 11.9 Å². The van der Waals surface area contributed by atoms with E-state index in [1.807, 2.05) is 0 Å². The molecule has 8 heteroatoms. The second kappa shape index (κ2) is 7.39. The highest BCUT2D eigenvalue weighted by molar-refractivity contribution is 9.10. The maximum absolute atomic E-state index is 12.4. The summed E-state index contributed by atoms with van der Waals surface area (Å²) in [7, 11) is 2.98. The van der Waals surface area contributed by atoms with Crippen molar-refractivity contribution in [2.75, 3.05) is 19.5 Å². The van der Waals surface area contributed by atoms with Crippen molar-refractivity contribution >= 4 is 33.5 Å². The summed E-state index contributed by atoms with van der Waals surface area (Å²) in [4.78, 5) is 23.5. The first-order valence-corrected chi connectivity index (χ1v) is 7.79. The molecule has 2 aromatic rings. The summed E-state index contributed by atoms with van der Waals surface area (Å²) in [5.74, 6) is -0.617. The lowest BCUT2D eigenvalue weighted by Gasteiger charge is -2.12. The van der Waals surface area contributed by atoms with Crippen LogP contribution in [0.3, 0.4) is 0 Å². The standard InChI is InChI=1S/C16H16BrNO6/c1-4-11-8(16(20)21)5-14(24-11)15(19)18-10-6-9(17)12(22-2)7-13(10)23-3/h5-7H,4H2,1-3H3,(H,18,19)(H,20,21). The third kappa shape index (κ3) is 3.53. The van der Waals surface area contributed by atoms with Gasteiger partial charge in [0.1, 0.15) is 22.8 Å². The van der Waals surface area contributed by atoms with Crippen LogP contribution >= 0.6 is 15.9 Å². The number of carboxylic acids is 1. The molecule has 1 aromatic carbocycles. The topological polar surface area (TPSA) is 98.0 Å². The number of ether oxygens (including phenoxy) is 2. The zero-order valence-electron chi connectivity index (χ0n) is 13.3. The van der Waals surface area contributed by atoms with Gasteiger partial charge in [-0.05, 0) is 22.0 Å². The minimum absolute atomic E-state index is 0.0227. The summed E-state index contributed by atoms with van der Waals surface area (Å²) in [6, 6.07) is 4.45. The Morgan fingerprint density at radius 3 is 2.38 bits per heavy atom. The Kier molecular flexibility index (Phi) is 5.50. The minimum atomic E-state index is -1.14. The van der Waals surface area contributed by atoms with E-state index in [1.54, 1.807) is 19.1 Å². The van der Waals surface area contributed by atoms with Gasteiger partial charge in [0.05, 0.1) is 24.4 Å². The Morgan fingerprint density at radius 1 is 1.21 bits per heavy atom. The molecule has 0 saturated carbocycles. The lowest BCUT2D eigenvalue weighted by atomic mass is 10.2. The molecule has 0 saturated heterocycles. The fraction of sp³-hybridized carbons (Fsp3) is 0.250. The molecule has 1 amide bonds. The van der Waals surface area contributed by atoms with E-state index in [0.29, 0.717) is 28.1 Å². The molecule has 2 N–H and O–H groups in total. The molecule has 7 nitrogen and oxygen atoms in total. The predicted octanol–water partition coefficient (Wildman–Crippen LogP) is 3.57. The minimum Gasteiger partial charge on any atom is -0.495 e. The Bertz CT molecular complexity index is 783. The van der Waals surface area contributed by atoms with Crippen LogP contribution in [0.4, 0.5) is 5.69 Å². The maximum Gasteiger partial charge on any atom is 0.339 e. The number of furan rings is 1. The SMILES string of the molecule is CCc1oc(C(=O)Nc2cc(Br)c(OC)cc2OC)cc1C(=O)O.